The zero-order valence-corrected chi connectivity index (χ0v) is 17.4. The van der Waals surface area contributed by atoms with Crippen molar-refractivity contribution in [1.29, 1.82) is 0 Å². The van der Waals surface area contributed by atoms with Gasteiger partial charge in [-0.2, -0.15) is 0 Å². The lowest BCUT2D eigenvalue weighted by molar-refractivity contribution is -0.132. The fourth-order valence-electron chi connectivity index (χ4n) is 4.55. The van der Waals surface area contributed by atoms with Gasteiger partial charge in [0, 0.05) is 25.9 Å². The number of ether oxygens (including phenoxy) is 3. The third-order valence-corrected chi connectivity index (χ3v) is 6.09. The number of hydrogen-bond donors (Lipinski definition) is 0. The number of anilines is 1. The number of likely N-dealkylation sites (tertiary alicyclic amines) is 1. The van der Waals surface area contributed by atoms with Crippen molar-refractivity contribution in [1.82, 2.24) is 4.90 Å². The lowest BCUT2D eigenvalue weighted by Crippen LogP contribution is -2.41. The minimum Gasteiger partial charge on any atom is -0.490 e. The predicted molar refractivity (Wildman–Crippen MR) is 115 cm³/mol. The summed E-state index contributed by atoms with van der Waals surface area (Å²) in [6.45, 7) is 2.38. The highest BCUT2D eigenvalue weighted by atomic mass is 16.5. The van der Waals surface area contributed by atoms with E-state index in [1.807, 2.05) is 47.4 Å². The van der Waals surface area contributed by atoms with E-state index in [2.05, 4.69) is 0 Å². The van der Waals surface area contributed by atoms with Crippen LogP contribution in [0.1, 0.15) is 37.3 Å². The molecule has 0 saturated carbocycles. The molecule has 1 atom stereocenters. The van der Waals surface area contributed by atoms with E-state index in [9.17, 15) is 9.59 Å². The maximum atomic E-state index is 13.1. The summed E-state index contributed by atoms with van der Waals surface area (Å²) in [5.74, 6) is 2.14. The molecule has 1 saturated heterocycles. The Kier molecular flexibility index (Phi) is 5.40. The van der Waals surface area contributed by atoms with Crippen LogP contribution in [0.2, 0.25) is 0 Å². The minimum atomic E-state index is -0.118. The Morgan fingerprint density at radius 3 is 2.71 bits per heavy atom. The van der Waals surface area contributed by atoms with Gasteiger partial charge in [0.1, 0.15) is 5.75 Å². The van der Waals surface area contributed by atoms with Gasteiger partial charge in [-0.1, -0.05) is 18.2 Å². The number of benzene rings is 2. The quantitative estimate of drug-likeness (QED) is 0.756. The van der Waals surface area contributed by atoms with E-state index in [-0.39, 0.29) is 30.9 Å². The molecule has 0 radical (unpaired) electrons. The van der Waals surface area contributed by atoms with Crippen LogP contribution in [0.15, 0.2) is 42.5 Å². The molecule has 7 nitrogen and oxygen atoms in total. The lowest BCUT2D eigenvalue weighted by Gasteiger charge is -2.30. The van der Waals surface area contributed by atoms with E-state index in [0.717, 1.165) is 48.6 Å². The van der Waals surface area contributed by atoms with Crippen molar-refractivity contribution < 1.29 is 23.8 Å². The average Bonchev–Trinajstić information content (AvgIpc) is 3.17. The highest BCUT2D eigenvalue weighted by molar-refractivity contribution is 5.98. The molecule has 0 aromatic heterocycles. The van der Waals surface area contributed by atoms with E-state index in [0.29, 0.717) is 25.5 Å². The van der Waals surface area contributed by atoms with Gasteiger partial charge >= 0.3 is 0 Å². The number of fused-ring (bicyclic) bond motifs is 2. The highest BCUT2D eigenvalue weighted by Crippen LogP contribution is 2.38. The summed E-state index contributed by atoms with van der Waals surface area (Å²) in [7, 11) is 0. The number of hydrogen-bond acceptors (Lipinski definition) is 5. The van der Waals surface area contributed by atoms with Crippen LogP contribution < -0.4 is 19.1 Å². The van der Waals surface area contributed by atoms with Gasteiger partial charge in [0.05, 0.1) is 24.9 Å². The summed E-state index contributed by atoms with van der Waals surface area (Å²) in [4.78, 5) is 29.1. The third-order valence-electron chi connectivity index (χ3n) is 6.09. The van der Waals surface area contributed by atoms with Crippen molar-refractivity contribution in [2.75, 3.05) is 37.8 Å². The summed E-state index contributed by atoms with van der Waals surface area (Å²) in [5.41, 5.74) is 1.80. The number of carbonyl (C=O) groups is 2. The van der Waals surface area contributed by atoms with E-state index < -0.39 is 0 Å². The SMILES string of the molecule is O=C1COc2ccccc2N1CCC(=O)N1CCC[C@H]1c1ccc2c(c1)OCCCO2. The van der Waals surface area contributed by atoms with Crippen molar-refractivity contribution in [3.63, 3.8) is 0 Å². The van der Waals surface area contributed by atoms with Crippen LogP contribution in [0, 0.1) is 0 Å². The summed E-state index contributed by atoms with van der Waals surface area (Å²) >= 11 is 0. The smallest absolute Gasteiger partial charge is 0.265 e. The summed E-state index contributed by atoms with van der Waals surface area (Å²) in [5, 5.41) is 0. The third kappa shape index (κ3) is 3.92. The first kappa shape index (κ1) is 19.7. The van der Waals surface area contributed by atoms with Crippen LogP contribution in [0.5, 0.6) is 17.2 Å². The van der Waals surface area contributed by atoms with Gasteiger partial charge < -0.3 is 24.0 Å². The first-order valence-corrected chi connectivity index (χ1v) is 10.9. The van der Waals surface area contributed by atoms with E-state index in [1.54, 1.807) is 4.90 Å². The van der Waals surface area contributed by atoms with Gasteiger partial charge in [-0.3, -0.25) is 9.59 Å². The van der Waals surface area contributed by atoms with Crippen LogP contribution in [0.25, 0.3) is 0 Å². The fraction of sp³-hybridized carbons (Fsp3) is 0.417. The van der Waals surface area contributed by atoms with E-state index in [1.165, 1.54) is 0 Å². The first-order chi connectivity index (χ1) is 15.2. The van der Waals surface area contributed by atoms with Crippen LogP contribution in [-0.4, -0.2) is 49.6 Å². The van der Waals surface area contributed by atoms with Gasteiger partial charge in [0.25, 0.3) is 5.91 Å². The first-order valence-electron chi connectivity index (χ1n) is 10.9. The van der Waals surface area contributed by atoms with Crippen LogP contribution >= 0.6 is 0 Å². The van der Waals surface area contributed by atoms with E-state index >= 15 is 0 Å². The van der Waals surface area contributed by atoms with Crippen molar-refractivity contribution >= 4 is 17.5 Å². The van der Waals surface area contributed by atoms with Crippen molar-refractivity contribution in [3.05, 3.63) is 48.0 Å². The molecule has 7 heteroatoms. The Morgan fingerprint density at radius 2 is 1.81 bits per heavy atom. The molecule has 0 N–H and O–H groups in total. The molecule has 3 aliphatic heterocycles. The second-order valence-corrected chi connectivity index (χ2v) is 8.05. The molecular weight excluding hydrogens is 396 g/mol. The van der Waals surface area contributed by atoms with Gasteiger partial charge in [-0.15, -0.1) is 0 Å². The molecule has 1 fully saturated rings. The second-order valence-electron chi connectivity index (χ2n) is 8.05. The standard InChI is InChI=1S/C24H26N2O5/c27-23(10-12-26-19-5-1-2-7-20(19)31-16-24(26)28)25-11-3-6-18(25)17-8-9-21-22(15-17)30-14-4-13-29-21/h1-2,5,7-9,15,18H,3-4,6,10-14,16H2/t18-/m0/s1. The molecule has 3 aliphatic rings. The van der Waals surface area contributed by atoms with Crippen molar-refractivity contribution in [2.24, 2.45) is 0 Å². The van der Waals surface area contributed by atoms with Gasteiger partial charge in [-0.25, -0.2) is 0 Å². The largest absolute Gasteiger partial charge is 0.490 e. The monoisotopic (exact) mass is 422 g/mol. The molecule has 0 aliphatic carbocycles. The molecule has 2 aromatic rings. The van der Waals surface area contributed by atoms with Crippen molar-refractivity contribution in [3.8, 4) is 17.2 Å². The Balaban J connectivity index is 1.29. The van der Waals surface area contributed by atoms with Crippen LogP contribution in [0.3, 0.4) is 0 Å². The molecule has 0 unspecified atom stereocenters. The molecular formula is C24H26N2O5. The Hall–Kier alpha value is -3.22. The maximum absolute atomic E-state index is 13.1. The summed E-state index contributed by atoms with van der Waals surface area (Å²) in [6.07, 6.45) is 3.03. The number of amides is 2. The number of nitrogens with zero attached hydrogens (tertiary/aromatic N) is 2. The van der Waals surface area contributed by atoms with Gasteiger partial charge in [-0.05, 0) is 42.7 Å². The zero-order valence-electron chi connectivity index (χ0n) is 17.4. The number of para-hydroxylation sites is 2. The number of carbonyl (C=O) groups excluding carboxylic acids is 2. The molecule has 0 spiro atoms. The maximum Gasteiger partial charge on any atom is 0.265 e. The molecule has 0 bridgehead atoms. The molecule has 162 valence electrons. The van der Waals surface area contributed by atoms with Gasteiger partial charge in [0.2, 0.25) is 5.91 Å². The van der Waals surface area contributed by atoms with Crippen LogP contribution in [0.4, 0.5) is 5.69 Å². The molecule has 2 amide bonds. The number of rotatable bonds is 4. The zero-order chi connectivity index (χ0) is 21.2. The molecule has 31 heavy (non-hydrogen) atoms. The minimum absolute atomic E-state index is 0.00867. The molecule has 5 rings (SSSR count). The van der Waals surface area contributed by atoms with Gasteiger partial charge in [0.15, 0.2) is 18.1 Å². The van der Waals surface area contributed by atoms with Crippen molar-refractivity contribution in [2.45, 2.75) is 31.7 Å². The Labute approximate surface area is 181 Å². The Morgan fingerprint density at radius 1 is 0.968 bits per heavy atom. The topological polar surface area (TPSA) is 68.3 Å². The average molecular weight is 422 g/mol. The summed E-state index contributed by atoms with van der Waals surface area (Å²) in [6, 6.07) is 13.5. The predicted octanol–water partition coefficient (Wildman–Crippen LogP) is 3.33. The van der Waals surface area contributed by atoms with E-state index in [4.69, 9.17) is 14.2 Å². The molecule has 3 heterocycles. The fourth-order valence-corrected chi connectivity index (χ4v) is 4.55. The second kappa shape index (κ2) is 8.49. The molecule has 2 aromatic carbocycles. The van der Waals surface area contributed by atoms with Crippen LogP contribution in [-0.2, 0) is 9.59 Å². The normalized spacial score (nSPS) is 20.1. The highest BCUT2D eigenvalue weighted by Gasteiger charge is 2.32. The Bertz CT molecular complexity index is 992. The summed E-state index contributed by atoms with van der Waals surface area (Å²) < 4.78 is 17.1. The lowest BCUT2D eigenvalue weighted by atomic mass is 10.0.